The summed E-state index contributed by atoms with van der Waals surface area (Å²) in [7, 11) is 0. The zero-order chi connectivity index (χ0) is 17.0. The summed E-state index contributed by atoms with van der Waals surface area (Å²) in [6.07, 6.45) is 1.61. The molecule has 1 aromatic heterocycles. The third-order valence-electron chi connectivity index (χ3n) is 3.47. The van der Waals surface area contributed by atoms with Crippen LogP contribution in [-0.2, 0) is 0 Å². The standard InChI is InChI=1S/C18H23N3O2/c1-6-21(10-12(2)3)18(22)20-16-9-15(8-7-13(16)4)17-19-14(5)11-23-17/h7-9,11H,2,6,10H2,1,3-5H3,(H,20,22). The van der Waals surface area contributed by atoms with Gasteiger partial charge in [0, 0.05) is 24.3 Å². The van der Waals surface area contributed by atoms with Crippen LogP contribution in [0.3, 0.4) is 0 Å². The number of benzene rings is 1. The summed E-state index contributed by atoms with van der Waals surface area (Å²) >= 11 is 0. The minimum Gasteiger partial charge on any atom is -0.444 e. The van der Waals surface area contributed by atoms with E-state index < -0.39 is 0 Å². The number of nitrogens with zero attached hydrogens (tertiary/aromatic N) is 2. The number of urea groups is 1. The summed E-state index contributed by atoms with van der Waals surface area (Å²) in [5.74, 6) is 0.548. The van der Waals surface area contributed by atoms with Crippen molar-refractivity contribution in [2.75, 3.05) is 18.4 Å². The van der Waals surface area contributed by atoms with Gasteiger partial charge in [0.2, 0.25) is 5.89 Å². The van der Waals surface area contributed by atoms with E-state index in [4.69, 9.17) is 4.42 Å². The van der Waals surface area contributed by atoms with Gasteiger partial charge in [0.05, 0.1) is 5.69 Å². The molecule has 0 radical (unpaired) electrons. The van der Waals surface area contributed by atoms with E-state index in [0.717, 1.165) is 28.1 Å². The fourth-order valence-corrected chi connectivity index (χ4v) is 2.22. The van der Waals surface area contributed by atoms with Crippen molar-refractivity contribution in [3.63, 3.8) is 0 Å². The second kappa shape index (κ2) is 7.13. The van der Waals surface area contributed by atoms with Gasteiger partial charge in [0.15, 0.2) is 0 Å². The number of aryl methyl sites for hydroxylation is 2. The Morgan fingerprint density at radius 2 is 2.13 bits per heavy atom. The first kappa shape index (κ1) is 16.8. The molecule has 122 valence electrons. The minimum absolute atomic E-state index is 0.140. The van der Waals surface area contributed by atoms with E-state index in [0.29, 0.717) is 19.0 Å². The van der Waals surface area contributed by atoms with Crippen molar-refractivity contribution in [3.05, 3.63) is 47.9 Å². The smallest absolute Gasteiger partial charge is 0.322 e. The van der Waals surface area contributed by atoms with Crippen LogP contribution in [0, 0.1) is 13.8 Å². The highest BCUT2D eigenvalue weighted by molar-refractivity contribution is 5.91. The van der Waals surface area contributed by atoms with Crippen molar-refractivity contribution < 1.29 is 9.21 Å². The summed E-state index contributed by atoms with van der Waals surface area (Å²) in [6, 6.07) is 5.62. The second-order valence-electron chi connectivity index (χ2n) is 5.73. The molecule has 2 aromatic rings. The first-order valence-corrected chi connectivity index (χ1v) is 7.64. The van der Waals surface area contributed by atoms with Gasteiger partial charge < -0.3 is 14.6 Å². The molecule has 0 aliphatic heterocycles. The maximum absolute atomic E-state index is 12.4. The van der Waals surface area contributed by atoms with Crippen molar-refractivity contribution in [1.29, 1.82) is 0 Å². The Kier molecular flexibility index (Phi) is 5.21. The van der Waals surface area contributed by atoms with Gasteiger partial charge in [-0.15, -0.1) is 0 Å². The number of amides is 2. The number of anilines is 1. The van der Waals surface area contributed by atoms with Crippen LogP contribution in [0.4, 0.5) is 10.5 Å². The van der Waals surface area contributed by atoms with E-state index in [1.807, 2.05) is 45.9 Å². The SMILES string of the molecule is C=C(C)CN(CC)C(=O)Nc1cc(-c2nc(C)co2)ccc1C. The van der Waals surface area contributed by atoms with Gasteiger partial charge in [0.25, 0.3) is 0 Å². The number of aromatic nitrogens is 1. The van der Waals surface area contributed by atoms with E-state index in [2.05, 4.69) is 16.9 Å². The Hall–Kier alpha value is -2.56. The van der Waals surface area contributed by atoms with Gasteiger partial charge in [-0.2, -0.15) is 0 Å². The predicted molar refractivity (Wildman–Crippen MR) is 92.5 cm³/mol. The highest BCUT2D eigenvalue weighted by atomic mass is 16.3. The number of carbonyl (C=O) groups is 1. The Balaban J connectivity index is 2.22. The molecule has 0 fully saturated rings. The van der Waals surface area contributed by atoms with Crippen molar-refractivity contribution in [2.45, 2.75) is 27.7 Å². The lowest BCUT2D eigenvalue weighted by atomic mass is 10.1. The molecule has 0 spiro atoms. The monoisotopic (exact) mass is 313 g/mol. The van der Waals surface area contributed by atoms with Crippen LogP contribution in [0.15, 0.2) is 41.0 Å². The predicted octanol–water partition coefficient (Wildman–Crippen LogP) is 4.39. The van der Waals surface area contributed by atoms with Gasteiger partial charge in [-0.1, -0.05) is 18.2 Å². The first-order valence-electron chi connectivity index (χ1n) is 7.64. The molecule has 0 saturated carbocycles. The van der Waals surface area contributed by atoms with Crippen LogP contribution in [0.1, 0.15) is 25.1 Å². The Morgan fingerprint density at radius 3 is 2.70 bits per heavy atom. The third-order valence-corrected chi connectivity index (χ3v) is 3.47. The number of rotatable bonds is 5. The number of carbonyl (C=O) groups excluding carboxylic acids is 1. The molecule has 0 aliphatic carbocycles. The summed E-state index contributed by atoms with van der Waals surface area (Å²) in [5.41, 5.74) is 4.34. The first-order chi connectivity index (χ1) is 10.9. The topological polar surface area (TPSA) is 58.4 Å². The summed E-state index contributed by atoms with van der Waals surface area (Å²) in [6.45, 7) is 12.7. The molecule has 0 aliphatic rings. The fraction of sp³-hybridized carbons (Fsp3) is 0.333. The van der Waals surface area contributed by atoms with Crippen molar-refractivity contribution in [1.82, 2.24) is 9.88 Å². The summed E-state index contributed by atoms with van der Waals surface area (Å²) < 4.78 is 5.43. The molecule has 0 bridgehead atoms. The Labute approximate surface area is 137 Å². The largest absolute Gasteiger partial charge is 0.444 e. The van der Waals surface area contributed by atoms with Gasteiger partial charge >= 0.3 is 6.03 Å². The van der Waals surface area contributed by atoms with E-state index in [1.54, 1.807) is 11.2 Å². The molecule has 2 amide bonds. The molecule has 1 heterocycles. The number of nitrogens with one attached hydrogen (secondary N) is 1. The maximum atomic E-state index is 12.4. The van der Waals surface area contributed by atoms with E-state index >= 15 is 0 Å². The molecular formula is C18H23N3O2. The number of oxazole rings is 1. The van der Waals surface area contributed by atoms with Crippen molar-refractivity contribution >= 4 is 11.7 Å². The molecular weight excluding hydrogens is 290 g/mol. The van der Waals surface area contributed by atoms with Crippen LogP contribution >= 0.6 is 0 Å². The molecule has 0 saturated heterocycles. The van der Waals surface area contributed by atoms with Crippen molar-refractivity contribution in [2.24, 2.45) is 0 Å². The Bertz CT molecular complexity index is 719. The maximum Gasteiger partial charge on any atom is 0.322 e. The lowest BCUT2D eigenvalue weighted by Gasteiger charge is -2.22. The highest BCUT2D eigenvalue weighted by Crippen LogP contribution is 2.25. The molecule has 2 rings (SSSR count). The fourth-order valence-electron chi connectivity index (χ4n) is 2.22. The normalized spacial score (nSPS) is 10.4. The van der Waals surface area contributed by atoms with Gasteiger partial charge in [-0.3, -0.25) is 0 Å². The van der Waals surface area contributed by atoms with E-state index in [9.17, 15) is 4.79 Å². The average molecular weight is 313 g/mol. The molecule has 5 heteroatoms. The summed E-state index contributed by atoms with van der Waals surface area (Å²) in [4.78, 5) is 18.5. The minimum atomic E-state index is -0.140. The molecule has 0 atom stereocenters. The molecule has 23 heavy (non-hydrogen) atoms. The van der Waals surface area contributed by atoms with Crippen LogP contribution in [0.2, 0.25) is 0 Å². The van der Waals surface area contributed by atoms with Gasteiger partial charge in [-0.25, -0.2) is 9.78 Å². The Morgan fingerprint density at radius 1 is 1.39 bits per heavy atom. The molecule has 1 aromatic carbocycles. The quantitative estimate of drug-likeness (QED) is 0.833. The van der Waals surface area contributed by atoms with E-state index in [-0.39, 0.29) is 6.03 Å². The van der Waals surface area contributed by atoms with Gasteiger partial charge in [0.1, 0.15) is 6.26 Å². The molecule has 0 unspecified atom stereocenters. The van der Waals surface area contributed by atoms with E-state index in [1.165, 1.54) is 0 Å². The molecule has 1 N–H and O–H groups in total. The second-order valence-corrected chi connectivity index (χ2v) is 5.73. The molecule has 5 nitrogen and oxygen atoms in total. The average Bonchev–Trinajstić information content (AvgIpc) is 2.93. The van der Waals surface area contributed by atoms with Crippen molar-refractivity contribution in [3.8, 4) is 11.5 Å². The lowest BCUT2D eigenvalue weighted by molar-refractivity contribution is 0.218. The van der Waals surface area contributed by atoms with Crippen LogP contribution in [0.25, 0.3) is 11.5 Å². The highest BCUT2D eigenvalue weighted by Gasteiger charge is 2.14. The van der Waals surface area contributed by atoms with Gasteiger partial charge in [-0.05, 0) is 45.4 Å². The van der Waals surface area contributed by atoms with Crippen LogP contribution in [0.5, 0.6) is 0 Å². The van der Waals surface area contributed by atoms with Crippen LogP contribution in [-0.4, -0.2) is 29.0 Å². The number of hydrogen-bond acceptors (Lipinski definition) is 3. The lowest BCUT2D eigenvalue weighted by Crippen LogP contribution is -2.36. The summed E-state index contributed by atoms with van der Waals surface area (Å²) in [5, 5.41) is 2.96. The zero-order valence-corrected chi connectivity index (χ0v) is 14.1. The zero-order valence-electron chi connectivity index (χ0n) is 14.1. The number of hydrogen-bond donors (Lipinski definition) is 1. The third kappa shape index (κ3) is 4.22. The van der Waals surface area contributed by atoms with Crippen LogP contribution < -0.4 is 5.32 Å². The number of likely N-dealkylation sites (N-methyl/N-ethyl adjacent to an activating group) is 1.